The Morgan fingerprint density at radius 3 is 2.55 bits per heavy atom. The minimum absolute atomic E-state index is 0.0463. The summed E-state index contributed by atoms with van der Waals surface area (Å²) >= 11 is 1.39. The molecule has 0 unspecified atom stereocenters. The lowest BCUT2D eigenvalue weighted by molar-refractivity contribution is 0.102. The number of Topliss-reactive ketones (excluding diaryl/α,β-unsaturated/α-hetero) is 1. The molecule has 0 atom stereocenters. The summed E-state index contributed by atoms with van der Waals surface area (Å²) in [5, 5.41) is 9.88. The fourth-order valence-corrected chi connectivity index (χ4v) is 3.08. The van der Waals surface area contributed by atoms with E-state index in [1.807, 2.05) is 35.9 Å². The molecule has 1 aromatic carbocycles. The Balaban J connectivity index is 1.95. The van der Waals surface area contributed by atoms with Crippen LogP contribution >= 0.6 is 11.8 Å². The minimum atomic E-state index is -0.0463. The molecule has 1 heterocycles. The van der Waals surface area contributed by atoms with Gasteiger partial charge in [-0.1, -0.05) is 49.9 Å². The van der Waals surface area contributed by atoms with Crippen LogP contribution in [-0.2, 0) is 20.1 Å². The molecule has 0 amide bonds. The van der Waals surface area contributed by atoms with Crippen molar-refractivity contribution in [1.29, 1.82) is 0 Å². The fraction of sp³-hybridized carbons (Fsp3) is 0.412. The monoisotopic (exact) mass is 318 g/mol. The lowest BCUT2D eigenvalue weighted by atomic mass is 10.0. The molecule has 1 aromatic heterocycles. The Hall–Kier alpha value is -1.59. The molecule has 0 aliphatic heterocycles. The summed E-state index contributed by atoms with van der Waals surface area (Å²) < 4.78 is 1.81. The summed E-state index contributed by atoms with van der Waals surface area (Å²) in [4.78, 5) is 16.4. The molecule has 22 heavy (non-hydrogen) atoms. The first-order chi connectivity index (χ1) is 10.5. The van der Waals surface area contributed by atoms with Gasteiger partial charge >= 0.3 is 0 Å². The van der Waals surface area contributed by atoms with E-state index in [1.165, 1.54) is 17.3 Å². The summed E-state index contributed by atoms with van der Waals surface area (Å²) in [7, 11) is 1.84. The molecule has 2 rings (SSSR count). The molecule has 0 aliphatic rings. The highest BCUT2D eigenvalue weighted by atomic mass is 32.2. The summed E-state index contributed by atoms with van der Waals surface area (Å²) in [6.45, 7) is 4.32. The first kappa shape index (κ1) is 16.8. The Kier molecular flexibility index (Phi) is 5.80. The molecule has 0 spiro atoms. The topological polar surface area (TPSA) is 55.1 Å². The number of hydrogen-bond donors (Lipinski definition) is 1. The predicted molar refractivity (Wildman–Crippen MR) is 89.2 cm³/mol. The van der Waals surface area contributed by atoms with E-state index in [2.05, 4.69) is 18.8 Å². The Morgan fingerprint density at radius 2 is 2.00 bits per heavy atom. The van der Waals surface area contributed by atoms with E-state index in [4.69, 9.17) is 5.11 Å². The molecule has 0 saturated heterocycles. The van der Waals surface area contributed by atoms with Gasteiger partial charge in [0, 0.05) is 12.6 Å². The van der Waals surface area contributed by atoms with Gasteiger partial charge in [-0.05, 0) is 17.9 Å². The van der Waals surface area contributed by atoms with Gasteiger partial charge in [-0.2, -0.15) is 0 Å². The van der Waals surface area contributed by atoms with Crippen molar-refractivity contribution in [3.8, 4) is 0 Å². The number of carbonyl (C=O) groups excluding carboxylic acids is 1. The number of aliphatic hydroxyl groups excluding tert-OH is 1. The lowest BCUT2D eigenvalue weighted by Crippen LogP contribution is -2.05. The van der Waals surface area contributed by atoms with Gasteiger partial charge in [0.25, 0.3) is 0 Å². The van der Waals surface area contributed by atoms with E-state index in [0.29, 0.717) is 11.7 Å². The molecule has 118 valence electrons. The van der Waals surface area contributed by atoms with Gasteiger partial charge in [-0.25, -0.2) is 4.98 Å². The summed E-state index contributed by atoms with van der Waals surface area (Å²) in [6.07, 6.45) is 2.66. The number of thioether (sulfide) groups is 1. The highest BCUT2D eigenvalue weighted by molar-refractivity contribution is 7.99. The van der Waals surface area contributed by atoms with Gasteiger partial charge in [-0.15, -0.1) is 0 Å². The van der Waals surface area contributed by atoms with E-state index in [9.17, 15) is 4.79 Å². The molecular weight excluding hydrogens is 296 g/mol. The van der Waals surface area contributed by atoms with Crippen molar-refractivity contribution in [3.63, 3.8) is 0 Å². The van der Waals surface area contributed by atoms with E-state index in [-0.39, 0.29) is 12.4 Å². The van der Waals surface area contributed by atoms with Gasteiger partial charge in [0.05, 0.1) is 24.3 Å². The predicted octanol–water partition coefficient (Wildman–Crippen LogP) is 3.09. The quantitative estimate of drug-likeness (QED) is 0.629. The van der Waals surface area contributed by atoms with Crippen molar-refractivity contribution in [3.05, 3.63) is 47.3 Å². The summed E-state index contributed by atoms with van der Waals surface area (Å²) in [6, 6.07) is 7.86. The smallest absolute Gasteiger partial charge is 0.173 e. The zero-order valence-corrected chi connectivity index (χ0v) is 14.1. The van der Waals surface area contributed by atoms with Crippen molar-refractivity contribution in [2.75, 3.05) is 5.75 Å². The van der Waals surface area contributed by atoms with E-state index in [0.717, 1.165) is 22.8 Å². The number of carbonyl (C=O) groups is 1. The molecule has 0 saturated carbocycles. The van der Waals surface area contributed by atoms with Crippen molar-refractivity contribution in [2.45, 2.75) is 32.0 Å². The largest absolute Gasteiger partial charge is 0.390 e. The van der Waals surface area contributed by atoms with Crippen LogP contribution in [0.15, 0.2) is 35.6 Å². The molecule has 2 aromatic rings. The number of aromatic nitrogens is 2. The number of rotatable bonds is 7. The number of benzene rings is 1. The van der Waals surface area contributed by atoms with Crippen molar-refractivity contribution < 1.29 is 9.90 Å². The van der Waals surface area contributed by atoms with Crippen LogP contribution in [0.3, 0.4) is 0 Å². The fourth-order valence-electron chi connectivity index (χ4n) is 2.22. The Bertz CT molecular complexity index is 633. The van der Waals surface area contributed by atoms with E-state index >= 15 is 0 Å². The second-order valence-electron chi connectivity index (χ2n) is 5.76. The molecule has 0 bridgehead atoms. The molecule has 0 fully saturated rings. The summed E-state index contributed by atoms with van der Waals surface area (Å²) in [5.74, 6) is 1.05. The maximum Gasteiger partial charge on any atom is 0.173 e. The molecule has 0 radical (unpaired) electrons. The second kappa shape index (κ2) is 7.61. The third-order valence-corrected chi connectivity index (χ3v) is 4.50. The molecule has 4 nitrogen and oxygen atoms in total. The van der Waals surface area contributed by atoms with Crippen LogP contribution in [0.4, 0.5) is 0 Å². The maximum absolute atomic E-state index is 12.2. The van der Waals surface area contributed by atoms with Crippen LogP contribution < -0.4 is 0 Å². The molecule has 1 N–H and O–H groups in total. The van der Waals surface area contributed by atoms with Crippen molar-refractivity contribution >= 4 is 17.5 Å². The van der Waals surface area contributed by atoms with Gasteiger partial charge < -0.3 is 9.67 Å². The van der Waals surface area contributed by atoms with Crippen LogP contribution in [-0.4, -0.2) is 26.2 Å². The average Bonchev–Trinajstić information content (AvgIpc) is 2.85. The Morgan fingerprint density at radius 1 is 1.32 bits per heavy atom. The number of aliphatic hydroxyl groups is 1. The van der Waals surface area contributed by atoms with Crippen molar-refractivity contribution in [2.24, 2.45) is 13.0 Å². The average molecular weight is 318 g/mol. The standard InChI is InChI=1S/C17H22N2O2S/c1-12(2)8-13-4-6-14(7-5-13)16(21)11-22-17-18-9-15(10-20)19(17)3/h4-7,9,12,20H,8,10-11H2,1-3H3. The number of imidazole rings is 1. The van der Waals surface area contributed by atoms with Gasteiger partial charge in [-0.3, -0.25) is 4.79 Å². The highest BCUT2D eigenvalue weighted by Crippen LogP contribution is 2.19. The van der Waals surface area contributed by atoms with E-state index in [1.54, 1.807) is 6.20 Å². The number of hydrogen-bond acceptors (Lipinski definition) is 4. The Labute approximate surface area is 135 Å². The van der Waals surface area contributed by atoms with Crippen LogP contribution in [0.2, 0.25) is 0 Å². The zero-order valence-electron chi connectivity index (χ0n) is 13.2. The molecular formula is C17H22N2O2S. The maximum atomic E-state index is 12.2. The number of ketones is 1. The van der Waals surface area contributed by atoms with Crippen LogP contribution in [0.5, 0.6) is 0 Å². The van der Waals surface area contributed by atoms with Crippen molar-refractivity contribution in [1.82, 2.24) is 9.55 Å². The van der Waals surface area contributed by atoms with Gasteiger partial charge in [0.1, 0.15) is 0 Å². The first-order valence-electron chi connectivity index (χ1n) is 7.37. The molecule has 0 aliphatic carbocycles. The summed E-state index contributed by atoms with van der Waals surface area (Å²) in [5.41, 5.74) is 2.74. The minimum Gasteiger partial charge on any atom is -0.390 e. The second-order valence-corrected chi connectivity index (χ2v) is 6.70. The normalized spacial score (nSPS) is 11.1. The van der Waals surface area contributed by atoms with Crippen LogP contribution in [0, 0.1) is 5.92 Å². The third-order valence-electron chi connectivity index (χ3n) is 3.46. The zero-order chi connectivity index (χ0) is 16.1. The van der Waals surface area contributed by atoms with Crippen LogP contribution in [0.1, 0.15) is 35.5 Å². The molecule has 5 heteroatoms. The van der Waals surface area contributed by atoms with E-state index < -0.39 is 0 Å². The van der Waals surface area contributed by atoms with Gasteiger partial charge in [0.2, 0.25) is 0 Å². The first-order valence-corrected chi connectivity index (χ1v) is 8.36. The third kappa shape index (κ3) is 4.21. The SMILES string of the molecule is CC(C)Cc1ccc(C(=O)CSc2ncc(CO)n2C)cc1. The number of nitrogens with zero attached hydrogens (tertiary/aromatic N) is 2. The van der Waals surface area contributed by atoms with Crippen LogP contribution in [0.25, 0.3) is 0 Å². The highest BCUT2D eigenvalue weighted by Gasteiger charge is 2.11. The van der Waals surface area contributed by atoms with Gasteiger partial charge in [0.15, 0.2) is 10.9 Å². The lowest BCUT2D eigenvalue weighted by Gasteiger charge is -2.06.